The SMILES string of the molecule is OC[C@H](O)[C@@H](O)[C@H](O)COC/C=C/C(F)(F)C(F)(F)C(F)(F)C(F)(F)C(F)(F)C(F)(F)F. The first-order valence-corrected chi connectivity index (χ1v) is 7.89. The maximum atomic E-state index is 13.4. The molecule has 3 atom stereocenters. The summed E-state index contributed by atoms with van der Waals surface area (Å²) < 4.78 is 171. The second-order valence-electron chi connectivity index (χ2n) is 6.17. The number of hydrogen-bond acceptors (Lipinski definition) is 5. The van der Waals surface area contributed by atoms with Gasteiger partial charge >= 0.3 is 35.8 Å². The molecule has 32 heavy (non-hydrogen) atoms. The average Bonchev–Trinajstić information content (AvgIpc) is 2.64. The number of hydrogen-bond donors (Lipinski definition) is 4. The number of aliphatic hydroxyl groups is 4. The van der Waals surface area contributed by atoms with Gasteiger partial charge in [0.1, 0.15) is 18.3 Å². The lowest BCUT2D eigenvalue weighted by Crippen LogP contribution is -2.69. The third-order valence-corrected chi connectivity index (χ3v) is 3.76. The van der Waals surface area contributed by atoms with Crippen molar-refractivity contribution >= 4 is 0 Å². The molecule has 0 bridgehead atoms. The maximum absolute atomic E-state index is 13.4. The van der Waals surface area contributed by atoms with Gasteiger partial charge in [-0.05, 0) is 6.08 Å². The summed E-state index contributed by atoms with van der Waals surface area (Å²) in [7, 11) is 0. The van der Waals surface area contributed by atoms with Crippen molar-refractivity contribution in [1.82, 2.24) is 0 Å². The molecule has 192 valence electrons. The van der Waals surface area contributed by atoms with E-state index in [1.807, 2.05) is 0 Å². The van der Waals surface area contributed by atoms with Crippen LogP contribution in [0.15, 0.2) is 12.2 Å². The molecule has 18 heteroatoms. The second-order valence-corrected chi connectivity index (χ2v) is 6.17. The van der Waals surface area contributed by atoms with E-state index in [1.165, 1.54) is 0 Å². The number of allylic oxidation sites excluding steroid dienone is 1. The summed E-state index contributed by atoms with van der Waals surface area (Å²) in [6.45, 7) is -3.38. The van der Waals surface area contributed by atoms with E-state index in [0.29, 0.717) is 0 Å². The predicted molar refractivity (Wildman–Crippen MR) is 75.9 cm³/mol. The smallest absolute Gasteiger partial charge is 0.394 e. The van der Waals surface area contributed by atoms with Gasteiger partial charge in [-0.1, -0.05) is 6.08 Å². The van der Waals surface area contributed by atoms with Crippen LogP contribution < -0.4 is 0 Å². The van der Waals surface area contributed by atoms with Crippen molar-refractivity contribution < 1.29 is 82.2 Å². The Labute approximate surface area is 169 Å². The van der Waals surface area contributed by atoms with Crippen molar-refractivity contribution in [3.05, 3.63) is 12.2 Å². The van der Waals surface area contributed by atoms with E-state index in [1.54, 1.807) is 0 Å². The van der Waals surface area contributed by atoms with Crippen LogP contribution in [0.1, 0.15) is 0 Å². The van der Waals surface area contributed by atoms with Crippen LogP contribution in [0.25, 0.3) is 0 Å². The summed E-state index contributed by atoms with van der Waals surface area (Å²) >= 11 is 0. The highest BCUT2D eigenvalue weighted by molar-refractivity contribution is 5.15. The minimum atomic E-state index is -8.00. The van der Waals surface area contributed by atoms with Crippen molar-refractivity contribution in [3.8, 4) is 0 Å². The first kappa shape index (κ1) is 30.6. The van der Waals surface area contributed by atoms with Gasteiger partial charge in [-0.25, -0.2) is 0 Å². The molecule has 0 heterocycles. The van der Waals surface area contributed by atoms with Crippen LogP contribution in [0, 0.1) is 0 Å². The molecule has 5 nitrogen and oxygen atoms in total. The van der Waals surface area contributed by atoms with Crippen molar-refractivity contribution in [3.63, 3.8) is 0 Å². The van der Waals surface area contributed by atoms with Gasteiger partial charge in [0.25, 0.3) is 0 Å². The third kappa shape index (κ3) is 5.57. The number of aliphatic hydroxyl groups excluding tert-OH is 4. The van der Waals surface area contributed by atoms with Crippen LogP contribution in [-0.2, 0) is 4.74 Å². The van der Waals surface area contributed by atoms with Crippen LogP contribution in [0.4, 0.5) is 57.1 Å². The molecule has 0 rings (SSSR count). The Morgan fingerprint density at radius 3 is 1.50 bits per heavy atom. The molecule has 0 radical (unpaired) electrons. The van der Waals surface area contributed by atoms with Gasteiger partial charge in [0.2, 0.25) is 0 Å². The molecule has 4 N–H and O–H groups in total. The minimum Gasteiger partial charge on any atom is -0.394 e. The third-order valence-electron chi connectivity index (χ3n) is 3.76. The van der Waals surface area contributed by atoms with E-state index >= 15 is 0 Å². The van der Waals surface area contributed by atoms with E-state index in [9.17, 15) is 67.3 Å². The normalized spacial score (nSPS) is 18.2. The molecule has 0 aliphatic carbocycles. The molecule has 0 aromatic rings. The molecular weight excluding hydrogens is 495 g/mol. The zero-order valence-electron chi connectivity index (χ0n) is 15.1. The van der Waals surface area contributed by atoms with Crippen molar-refractivity contribution in [2.75, 3.05) is 19.8 Å². The van der Waals surface area contributed by atoms with E-state index < -0.39 is 80.0 Å². The highest BCUT2D eigenvalue weighted by atomic mass is 19.4. The monoisotopic (exact) mass is 510 g/mol. The molecule has 0 spiro atoms. The van der Waals surface area contributed by atoms with Crippen LogP contribution in [0.5, 0.6) is 0 Å². The maximum Gasteiger partial charge on any atom is 0.460 e. The van der Waals surface area contributed by atoms with Crippen LogP contribution in [-0.4, -0.2) is 94.3 Å². The topological polar surface area (TPSA) is 90.2 Å². The van der Waals surface area contributed by atoms with Gasteiger partial charge < -0.3 is 25.2 Å². The Morgan fingerprint density at radius 1 is 0.656 bits per heavy atom. The van der Waals surface area contributed by atoms with Gasteiger partial charge in [0.15, 0.2) is 0 Å². The van der Waals surface area contributed by atoms with Gasteiger partial charge in [0.05, 0.1) is 19.8 Å². The van der Waals surface area contributed by atoms with Crippen LogP contribution in [0.2, 0.25) is 0 Å². The molecule has 0 saturated carbocycles. The first-order valence-electron chi connectivity index (χ1n) is 7.89. The molecule has 0 unspecified atom stereocenters. The summed E-state index contributed by atoms with van der Waals surface area (Å²) in [5.74, 6) is -37.6. The standard InChI is InChI=1S/C14H15F13O5/c15-9(16,2-1-3-32-5-7(30)8(31)6(29)4-28)10(17,18)11(19,20)12(21,22)13(23,24)14(25,26)27/h1-2,6-8,28-31H,3-5H2/b2-1+/t6-,7+,8+/m0/s1. The summed E-state index contributed by atoms with van der Waals surface area (Å²) in [6.07, 6.45) is -14.9. The van der Waals surface area contributed by atoms with Crippen molar-refractivity contribution in [1.29, 1.82) is 0 Å². The molecule has 0 aliphatic rings. The molecule has 0 amide bonds. The van der Waals surface area contributed by atoms with Gasteiger partial charge in [-0.3, -0.25) is 0 Å². The Kier molecular flexibility index (Phi) is 9.44. The highest BCUT2D eigenvalue weighted by Crippen LogP contribution is 2.60. The predicted octanol–water partition coefficient (Wildman–Crippen LogP) is 2.37. The number of ether oxygens (including phenoxy) is 1. The van der Waals surface area contributed by atoms with Gasteiger partial charge in [-0.2, -0.15) is 57.1 Å². The lowest BCUT2D eigenvalue weighted by atomic mass is 9.94. The Morgan fingerprint density at radius 2 is 1.09 bits per heavy atom. The number of halogens is 13. The highest BCUT2D eigenvalue weighted by Gasteiger charge is 2.90. The largest absolute Gasteiger partial charge is 0.460 e. The number of rotatable bonds is 12. The summed E-state index contributed by atoms with van der Waals surface area (Å²) in [5, 5.41) is 35.9. The summed E-state index contributed by atoms with van der Waals surface area (Å²) in [6, 6.07) is 0. The molecule has 0 saturated heterocycles. The summed E-state index contributed by atoms with van der Waals surface area (Å²) in [4.78, 5) is 0. The fourth-order valence-electron chi connectivity index (χ4n) is 1.80. The molecule has 0 aromatic carbocycles. The Hall–Kier alpha value is -1.37. The quantitative estimate of drug-likeness (QED) is 0.184. The van der Waals surface area contributed by atoms with Gasteiger partial charge in [-0.15, -0.1) is 0 Å². The van der Waals surface area contributed by atoms with Crippen LogP contribution in [0.3, 0.4) is 0 Å². The second kappa shape index (κ2) is 9.86. The zero-order valence-corrected chi connectivity index (χ0v) is 15.1. The average molecular weight is 510 g/mol. The Bertz CT molecular complexity index is 635. The molecule has 0 aliphatic heterocycles. The van der Waals surface area contributed by atoms with Crippen molar-refractivity contribution in [2.45, 2.75) is 54.1 Å². The minimum absolute atomic E-state index is 0.258. The Balaban J connectivity index is 5.48. The lowest BCUT2D eigenvalue weighted by molar-refractivity contribution is -0.436. The first-order chi connectivity index (χ1) is 14.0. The van der Waals surface area contributed by atoms with Crippen molar-refractivity contribution in [2.24, 2.45) is 0 Å². The van der Waals surface area contributed by atoms with E-state index in [4.69, 9.17) is 10.2 Å². The summed E-state index contributed by atoms with van der Waals surface area (Å²) in [5.41, 5.74) is 0. The van der Waals surface area contributed by atoms with E-state index in [-0.39, 0.29) is 6.08 Å². The zero-order chi connectivity index (χ0) is 26.0. The van der Waals surface area contributed by atoms with Gasteiger partial charge in [0, 0.05) is 0 Å². The fraction of sp³-hybridized carbons (Fsp3) is 0.857. The van der Waals surface area contributed by atoms with E-state index in [0.717, 1.165) is 0 Å². The molecule has 0 aromatic heterocycles. The fourth-order valence-corrected chi connectivity index (χ4v) is 1.80. The molecular formula is C14H15F13O5. The molecule has 0 fully saturated rings. The van der Waals surface area contributed by atoms with E-state index in [2.05, 4.69) is 4.74 Å². The van der Waals surface area contributed by atoms with Crippen LogP contribution >= 0.6 is 0 Å². The number of alkyl halides is 13. The lowest BCUT2D eigenvalue weighted by Gasteiger charge is -2.39.